The first-order valence-corrected chi connectivity index (χ1v) is 6.88. The largest absolute Gasteiger partial charge is 0.455 e. The number of hydrogen-bond acceptors (Lipinski definition) is 3. The molecular weight excluding hydrogens is 248 g/mol. The summed E-state index contributed by atoms with van der Waals surface area (Å²) in [6.45, 7) is 5.79. The van der Waals surface area contributed by atoms with Crippen LogP contribution in [0.5, 0.6) is 11.5 Å². The Morgan fingerprint density at radius 2 is 2.05 bits per heavy atom. The molecule has 2 rings (SSSR count). The van der Waals surface area contributed by atoms with Gasteiger partial charge < -0.3 is 10.1 Å². The maximum atomic E-state index is 6.04. The number of benzene rings is 1. The molecule has 0 unspecified atom stereocenters. The Morgan fingerprint density at radius 3 is 2.85 bits per heavy atom. The molecule has 0 bridgehead atoms. The number of hydrogen-bond donors (Lipinski definition) is 1. The lowest BCUT2D eigenvalue weighted by Gasteiger charge is -2.12. The van der Waals surface area contributed by atoms with Gasteiger partial charge in [-0.3, -0.25) is 4.98 Å². The topological polar surface area (TPSA) is 34.1 Å². The van der Waals surface area contributed by atoms with Crippen LogP contribution >= 0.6 is 0 Å². The molecule has 0 fully saturated rings. The van der Waals surface area contributed by atoms with Crippen molar-refractivity contribution < 1.29 is 4.74 Å². The maximum Gasteiger partial charge on any atom is 0.150 e. The highest BCUT2D eigenvalue weighted by atomic mass is 16.5. The lowest BCUT2D eigenvalue weighted by atomic mass is 10.2. The van der Waals surface area contributed by atoms with Gasteiger partial charge in [0.15, 0.2) is 0 Å². The summed E-state index contributed by atoms with van der Waals surface area (Å²) in [6, 6.07) is 9.97. The van der Waals surface area contributed by atoms with Crippen LogP contribution in [0.25, 0.3) is 6.08 Å². The molecule has 20 heavy (non-hydrogen) atoms. The third-order valence-corrected chi connectivity index (χ3v) is 2.92. The highest BCUT2D eigenvalue weighted by Crippen LogP contribution is 2.28. The molecule has 1 N–H and O–H groups in total. The molecule has 0 aliphatic rings. The fourth-order valence-electron chi connectivity index (χ4n) is 1.92. The van der Waals surface area contributed by atoms with Crippen LogP contribution in [-0.2, 0) is 6.54 Å². The molecular formula is C17H20N2O. The smallest absolute Gasteiger partial charge is 0.150 e. The molecule has 0 aliphatic carbocycles. The van der Waals surface area contributed by atoms with E-state index in [0.717, 1.165) is 35.7 Å². The molecule has 3 heteroatoms. The van der Waals surface area contributed by atoms with E-state index in [0.29, 0.717) is 0 Å². The molecule has 104 valence electrons. The van der Waals surface area contributed by atoms with Gasteiger partial charge in [-0.1, -0.05) is 37.3 Å². The number of aromatic nitrogens is 1. The van der Waals surface area contributed by atoms with Crippen LogP contribution in [-0.4, -0.2) is 11.5 Å². The van der Waals surface area contributed by atoms with Crippen LogP contribution in [0.4, 0.5) is 0 Å². The fourth-order valence-corrected chi connectivity index (χ4v) is 1.92. The summed E-state index contributed by atoms with van der Waals surface area (Å²) in [5.74, 6) is 1.64. The molecule has 0 saturated heterocycles. The van der Waals surface area contributed by atoms with E-state index in [9.17, 15) is 0 Å². The summed E-state index contributed by atoms with van der Waals surface area (Å²) in [6.07, 6.45) is 7.59. The van der Waals surface area contributed by atoms with Gasteiger partial charge in [0.25, 0.3) is 0 Å². The number of nitrogens with zero attached hydrogens (tertiary/aromatic N) is 1. The minimum atomic E-state index is 0.778. The van der Waals surface area contributed by atoms with Gasteiger partial charge in [0.1, 0.15) is 11.5 Å². The summed E-state index contributed by atoms with van der Waals surface area (Å²) in [4.78, 5) is 4.15. The van der Waals surface area contributed by atoms with Crippen LogP contribution in [0.1, 0.15) is 25.0 Å². The van der Waals surface area contributed by atoms with Crippen molar-refractivity contribution in [1.29, 1.82) is 0 Å². The first-order valence-electron chi connectivity index (χ1n) is 6.88. The van der Waals surface area contributed by atoms with Gasteiger partial charge in [0.05, 0.1) is 6.20 Å². The van der Waals surface area contributed by atoms with Crippen LogP contribution in [0.3, 0.4) is 0 Å². The number of rotatable bonds is 6. The molecule has 2 aromatic rings. The average Bonchev–Trinajstić information content (AvgIpc) is 2.49. The van der Waals surface area contributed by atoms with Crippen LogP contribution < -0.4 is 10.1 Å². The van der Waals surface area contributed by atoms with Crippen molar-refractivity contribution in [3.63, 3.8) is 0 Å². The Morgan fingerprint density at radius 1 is 1.20 bits per heavy atom. The Labute approximate surface area is 120 Å². The van der Waals surface area contributed by atoms with Gasteiger partial charge >= 0.3 is 0 Å². The SMILES string of the molecule is C/C=C/c1ccccc1Oc1cnccc1CNCC. The minimum absolute atomic E-state index is 0.778. The molecule has 1 aromatic heterocycles. The Bertz CT molecular complexity index is 579. The quantitative estimate of drug-likeness (QED) is 0.859. The third kappa shape index (κ3) is 3.68. The van der Waals surface area contributed by atoms with E-state index < -0.39 is 0 Å². The number of para-hydroxylation sites is 1. The van der Waals surface area contributed by atoms with E-state index in [1.807, 2.05) is 49.4 Å². The van der Waals surface area contributed by atoms with E-state index in [4.69, 9.17) is 4.74 Å². The zero-order chi connectivity index (χ0) is 14.2. The van der Waals surface area contributed by atoms with E-state index in [1.165, 1.54) is 0 Å². The lowest BCUT2D eigenvalue weighted by molar-refractivity contribution is 0.469. The summed E-state index contributed by atoms with van der Waals surface area (Å²) in [7, 11) is 0. The fraction of sp³-hybridized carbons (Fsp3) is 0.235. The van der Waals surface area contributed by atoms with Gasteiger partial charge in [0, 0.05) is 23.9 Å². The second kappa shape index (κ2) is 7.46. The average molecular weight is 268 g/mol. The van der Waals surface area contributed by atoms with E-state index in [-0.39, 0.29) is 0 Å². The van der Waals surface area contributed by atoms with Crippen LogP contribution in [0, 0.1) is 0 Å². The highest BCUT2D eigenvalue weighted by molar-refractivity contribution is 5.57. The number of allylic oxidation sites excluding steroid dienone is 1. The highest BCUT2D eigenvalue weighted by Gasteiger charge is 2.06. The first-order chi connectivity index (χ1) is 9.85. The van der Waals surface area contributed by atoms with E-state index in [2.05, 4.69) is 17.2 Å². The second-order valence-corrected chi connectivity index (χ2v) is 4.40. The van der Waals surface area contributed by atoms with Crippen molar-refractivity contribution in [2.75, 3.05) is 6.54 Å². The predicted octanol–water partition coefficient (Wildman–Crippen LogP) is 4.02. The Kier molecular flexibility index (Phi) is 5.33. The van der Waals surface area contributed by atoms with Gasteiger partial charge in [-0.25, -0.2) is 0 Å². The monoisotopic (exact) mass is 268 g/mol. The van der Waals surface area contributed by atoms with Gasteiger partial charge in [0.2, 0.25) is 0 Å². The summed E-state index contributed by atoms with van der Waals surface area (Å²) < 4.78 is 6.04. The molecule has 0 saturated carbocycles. The first kappa shape index (κ1) is 14.3. The van der Waals surface area contributed by atoms with Gasteiger partial charge in [-0.05, 0) is 25.6 Å². The van der Waals surface area contributed by atoms with Crippen molar-refractivity contribution in [1.82, 2.24) is 10.3 Å². The van der Waals surface area contributed by atoms with Crippen LogP contribution in [0.15, 0.2) is 48.8 Å². The predicted molar refractivity (Wildman–Crippen MR) is 82.8 cm³/mol. The summed E-state index contributed by atoms with van der Waals surface area (Å²) in [5.41, 5.74) is 2.17. The molecule has 0 atom stereocenters. The molecule has 0 aliphatic heterocycles. The van der Waals surface area contributed by atoms with Crippen molar-refractivity contribution in [2.24, 2.45) is 0 Å². The van der Waals surface area contributed by atoms with Crippen molar-refractivity contribution in [3.05, 3.63) is 59.9 Å². The third-order valence-electron chi connectivity index (χ3n) is 2.92. The van der Waals surface area contributed by atoms with Crippen molar-refractivity contribution in [3.8, 4) is 11.5 Å². The summed E-state index contributed by atoms with van der Waals surface area (Å²) in [5, 5.41) is 3.31. The van der Waals surface area contributed by atoms with Crippen molar-refractivity contribution >= 4 is 6.08 Å². The molecule has 0 radical (unpaired) electrons. The van der Waals surface area contributed by atoms with Gasteiger partial charge in [-0.2, -0.15) is 0 Å². The molecule has 1 heterocycles. The number of ether oxygens (including phenoxy) is 1. The number of pyridine rings is 1. The number of nitrogens with one attached hydrogen (secondary N) is 1. The Hall–Kier alpha value is -2.13. The zero-order valence-corrected chi connectivity index (χ0v) is 12.0. The zero-order valence-electron chi connectivity index (χ0n) is 12.0. The van der Waals surface area contributed by atoms with Gasteiger partial charge in [-0.15, -0.1) is 0 Å². The lowest BCUT2D eigenvalue weighted by Crippen LogP contribution is -2.12. The maximum absolute atomic E-state index is 6.04. The second-order valence-electron chi connectivity index (χ2n) is 4.40. The molecule has 0 amide bonds. The normalized spacial score (nSPS) is 10.9. The molecule has 1 aromatic carbocycles. The van der Waals surface area contributed by atoms with E-state index in [1.54, 1.807) is 12.4 Å². The Balaban J connectivity index is 2.26. The summed E-state index contributed by atoms with van der Waals surface area (Å²) >= 11 is 0. The standard InChI is InChI=1S/C17H20N2O/c1-3-7-14-8-5-6-9-16(14)20-17-13-19-11-10-15(17)12-18-4-2/h3,5-11,13,18H,4,12H2,1-2H3/b7-3+. The van der Waals surface area contributed by atoms with Crippen molar-refractivity contribution in [2.45, 2.75) is 20.4 Å². The van der Waals surface area contributed by atoms with Crippen LogP contribution in [0.2, 0.25) is 0 Å². The molecule has 0 spiro atoms. The van der Waals surface area contributed by atoms with E-state index >= 15 is 0 Å². The minimum Gasteiger partial charge on any atom is -0.455 e. The molecule has 3 nitrogen and oxygen atoms in total.